The second kappa shape index (κ2) is 9.29. The highest BCUT2D eigenvalue weighted by molar-refractivity contribution is 8.00. The van der Waals surface area contributed by atoms with Gasteiger partial charge in [-0.05, 0) is 30.2 Å². The molecule has 2 rings (SSSR count). The third kappa shape index (κ3) is 4.79. The van der Waals surface area contributed by atoms with Crippen LogP contribution in [-0.2, 0) is 15.0 Å². The lowest BCUT2D eigenvalue weighted by Crippen LogP contribution is -2.46. The summed E-state index contributed by atoms with van der Waals surface area (Å²) >= 11 is 1.38. The number of carboxylic acid groups (broad SMARTS) is 1. The monoisotopic (exact) mass is 373 g/mol. The van der Waals surface area contributed by atoms with Crippen molar-refractivity contribution >= 4 is 23.6 Å². The van der Waals surface area contributed by atoms with Crippen LogP contribution in [0.3, 0.4) is 0 Å². The van der Waals surface area contributed by atoms with Crippen molar-refractivity contribution in [1.29, 1.82) is 0 Å². The minimum Gasteiger partial charge on any atom is -0.497 e. The number of hydrogen-bond acceptors (Lipinski definition) is 4. The van der Waals surface area contributed by atoms with Crippen LogP contribution in [0.25, 0.3) is 0 Å². The largest absolute Gasteiger partial charge is 0.497 e. The lowest BCUT2D eigenvalue weighted by atomic mass is 9.78. The Bertz CT molecular complexity index is 750. The SMILES string of the molecule is CCC(CNC(=O)CSc1cccc(OC)c1)(C(=O)O)c1ccccc1. The molecule has 0 aliphatic heterocycles. The van der Waals surface area contributed by atoms with E-state index in [1.807, 2.05) is 49.4 Å². The summed E-state index contributed by atoms with van der Waals surface area (Å²) in [7, 11) is 1.59. The summed E-state index contributed by atoms with van der Waals surface area (Å²) in [5.41, 5.74) is -0.437. The summed E-state index contributed by atoms with van der Waals surface area (Å²) in [6.07, 6.45) is 0.385. The fourth-order valence-corrected chi connectivity index (χ4v) is 3.45. The molecule has 0 saturated heterocycles. The van der Waals surface area contributed by atoms with Crippen LogP contribution in [0.4, 0.5) is 0 Å². The fourth-order valence-electron chi connectivity index (χ4n) is 2.68. The average molecular weight is 373 g/mol. The quantitative estimate of drug-likeness (QED) is 0.660. The Morgan fingerprint density at radius 2 is 1.88 bits per heavy atom. The Morgan fingerprint density at radius 1 is 1.15 bits per heavy atom. The van der Waals surface area contributed by atoms with E-state index in [1.54, 1.807) is 19.2 Å². The maximum absolute atomic E-state index is 12.2. The van der Waals surface area contributed by atoms with Gasteiger partial charge in [-0.2, -0.15) is 0 Å². The van der Waals surface area contributed by atoms with Gasteiger partial charge >= 0.3 is 5.97 Å². The van der Waals surface area contributed by atoms with E-state index >= 15 is 0 Å². The maximum Gasteiger partial charge on any atom is 0.315 e. The van der Waals surface area contributed by atoms with Crippen molar-refractivity contribution in [2.75, 3.05) is 19.4 Å². The number of rotatable bonds is 9. The van der Waals surface area contributed by atoms with Gasteiger partial charge in [0.05, 0.1) is 12.9 Å². The zero-order valence-corrected chi connectivity index (χ0v) is 15.7. The summed E-state index contributed by atoms with van der Waals surface area (Å²) in [4.78, 5) is 25.1. The third-order valence-electron chi connectivity index (χ3n) is 4.34. The highest BCUT2D eigenvalue weighted by Gasteiger charge is 2.38. The number of hydrogen-bond donors (Lipinski definition) is 2. The predicted molar refractivity (Wildman–Crippen MR) is 103 cm³/mol. The number of thioether (sulfide) groups is 1. The molecule has 0 radical (unpaired) electrons. The van der Waals surface area contributed by atoms with Crippen molar-refractivity contribution in [2.24, 2.45) is 0 Å². The summed E-state index contributed by atoms with van der Waals surface area (Å²) in [5, 5.41) is 12.6. The van der Waals surface area contributed by atoms with E-state index < -0.39 is 11.4 Å². The van der Waals surface area contributed by atoms with Gasteiger partial charge < -0.3 is 15.2 Å². The molecule has 0 spiro atoms. The van der Waals surface area contributed by atoms with Crippen LogP contribution >= 0.6 is 11.8 Å². The molecule has 2 aromatic rings. The molecular weight excluding hydrogens is 350 g/mol. The van der Waals surface area contributed by atoms with E-state index in [0.717, 1.165) is 10.6 Å². The highest BCUT2D eigenvalue weighted by Crippen LogP contribution is 2.28. The lowest BCUT2D eigenvalue weighted by molar-refractivity contribution is -0.144. The van der Waals surface area contributed by atoms with Crippen molar-refractivity contribution in [1.82, 2.24) is 5.32 Å². The van der Waals surface area contributed by atoms with Crippen LogP contribution in [0, 0.1) is 0 Å². The van der Waals surface area contributed by atoms with Gasteiger partial charge in [0.2, 0.25) is 5.91 Å². The van der Waals surface area contributed by atoms with Crippen LogP contribution in [0.2, 0.25) is 0 Å². The smallest absolute Gasteiger partial charge is 0.315 e. The van der Waals surface area contributed by atoms with Gasteiger partial charge in [-0.25, -0.2) is 0 Å². The fraction of sp³-hybridized carbons (Fsp3) is 0.300. The van der Waals surface area contributed by atoms with Crippen LogP contribution in [-0.4, -0.2) is 36.4 Å². The summed E-state index contributed by atoms with van der Waals surface area (Å²) in [6.45, 7) is 1.87. The van der Waals surface area contributed by atoms with E-state index in [-0.39, 0.29) is 18.2 Å². The number of methoxy groups -OCH3 is 1. The van der Waals surface area contributed by atoms with Gasteiger partial charge in [0.1, 0.15) is 11.2 Å². The van der Waals surface area contributed by atoms with Gasteiger partial charge in [0.25, 0.3) is 0 Å². The summed E-state index contributed by atoms with van der Waals surface area (Å²) in [5.74, 6) is -0.198. The van der Waals surface area contributed by atoms with E-state index in [0.29, 0.717) is 12.0 Å². The minimum atomic E-state index is -1.13. The summed E-state index contributed by atoms with van der Waals surface area (Å²) in [6, 6.07) is 16.5. The van der Waals surface area contributed by atoms with E-state index in [1.165, 1.54) is 11.8 Å². The Balaban J connectivity index is 2.00. The maximum atomic E-state index is 12.2. The molecule has 1 atom stereocenters. The first-order chi connectivity index (χ1) is 12.5. The van der Waals surface area contributed by atoms with Crippen molar-refractivity contribution in [2.45, 2.75) is 23.7 Å². The average Bonchev–Trinajstić information content (AvgIpc) is 2.68. The van der Waals surface area contributed by atoms with E-state index in [9.17, 15) is 14.7 Å². The molecule has 1 unspecified atom stereocenters. The predicted octanol–water partition coefficient (Wildman–Crippen LogP) is 3.34. The molecule has 6 heteroatoms. The molecule has 1 amide bonds. The lowest BCUT2D eigenvalue weighted by Gasteiger charge is -2.29. The minimum absolute atomic E-state index is 0.0559. The second-order valence-electron chi connectivity index (χ2n) is 5.85. The number of aliphatic carboxylic acids is 1. The summed E-state index contributed by atoms with van der Waals surface area (Å²) < 4.78 is 5.16. The van der Waals surface area contributed by atoms with Crippen LogP contribution < -0.4 is 10.1 Å². The first-order valence-electron chi connectivity index (χ1n) is 8.34. The first kappa shape index (κ1) is 19.8. The Labute approximate surface area is 157 Å². The first-order valence-corrected chi connectivity index (χ1v) is 9.33. The van der Waals surface area contributed by atoms with E-state index in [2.05, 4.69) is 5.32 Å². The van der Waals surface area contributed by atoms with Gasteiger partial charge in [-0.15, -0.1) is 11.8 Å². The number of carbonyl (C=O) groups excluding carboxylic acids is 1. The molecule has 2 aromatic carbocycles. The molecule has 0 bridgehead atoms. The Morgan fingerprint density at radius 3 is 2.50 bits per heavy atom. The van der Waals surface area contributed by atoms with Gasteiger partial charge in [-0.3, -0.25) is 9.59 Å². The molecule has 0 fully saturated rings. The zero-order valence-electron chi connectivity index (χ0n) is 14.9. The van der Waals surface area contributed by atoms with Crippen molar-refractivity contribution < 1.29 is 19.4 Å². The molecule has 0 aromatic heterocycles. The topological polar surface area (TPSA) is 75.6 Å². The van der Waals surface area contributed by atoms with E-state index in [4.69, 9.17) is 4.74 Å². The van der Waals surface area contributed by atoms with Crippen LogP contribution in [0.5, 0.6) is 5.75 Å². The molecule has 0 aliphatic carbocycles. The Hall–Kier alpha value is -2.47. The van der Waals surface area contributed by atoms with Gasteiger partial charge in [0.15, 0.2) is 0 Å². The number of carbonyl (C=O) groups is 2. The van der Waals surface area contributed by atoms with Gasteiger partial charge in [0, 0.05) is 11.4 Å². The highest BCUT2D eigenvalue weighted by atomic mass is 32.2. The molecular formula is C20H23NO4S. The molecule has 0 heterocycles. The third-order valence-corrected chi connectivity index (χ3v) is 5.33. The number of carboxylic acids is 1. The number of benzene rings is 2. The van der Waals surface area contributed by atoms with Crippen LogP contribution in [0.15, 0.2) is 59.5 Å². The van der Waals surface area contributed by atoms with Crippen LogP contribution in [0.1, 0.15) is 18.9 Å². The molecule has 138 valence electrons. The zero-order chi connectivity index (χ0) is 19.0. The molecule has 2 N–H and O–H groups in total. The molecule has 0 aliphatic rings. The van der Waals surface area contributed by atoms with Crippen molar-refractivity contribution in [3.63, 3.8) is 0 Å². The number of amides is 1. The Kier molecular flexibility index (Phi) is 7.09. The number of nitrogens with one attached hydrogen (secondary N) is 1. The standard InChI is InChI=1S/C20H23NO4S/c1-3-20(19(23)24,15-8-5-4-6-9-15)14-21-18(22)13-26-17-11-7-10-16(12-17)25-2/h4-12H,3,13-14H2,1-2H3,(H,21,22)(H,23,24). The second-order valence-corrected chi connectivity index (χ2v) is 6.90. The number of ether oxygens (including phenoxy) is 1. The normalized spacial score (nSPS) is 12.8. The van der Waals surface area contributed by atoms with Crippen molar-refractivity contribution in [3.05, 3.63) is 60.2 Å². The molecule has 26 heavy (non-hydrogen) atoms. The van der Waals surface area contributed by atoms with Gasteiger partial charge in [-0.1, -0.05) is 43.3 Å². The molecule has 5 nitrogen and oxygen atoms in total. The molecule has 0 saturated carbocycles. The van der Waals surface area contributed by atoms with Crippen molar-refractivity contribution in [3.8, 4) is 5.75 Å².